The quantitative estimate of drug-likeness (QED) is 0.924. The highest BCUT2D eigenvalue weighted by Gasteiger charge is 2.19. The van der Waals surface area contributed by atoms with Gasteiger partial charge < -0.3 is 10.6 Å². The van der Waals surface area contributed by atoms with Crippen LogP contribution in [0.4, 0.5) is 0 Å². The van der Waals surface area contributed by atoms with Crippen molar-refractivity contribution in [3.63, 3.8) is 0 Å². The van der Waals surface area contributed by atoms with E-state index in [9.17, 15) is 4.79 Å². The van der Waals surface area contributed by atoms with Gasteiger partial charge >= 0.3 is 0 Å². The maximum absolute atomic E-state index is 12.0. The van der Waals surface area contributed by atoms with E-state index in [1.54, 1.807) is 4.90 Å². The number of nitrogens with zero attached hydrogens (tertiary/aromatic N) is 1. The number of carbonyl (C=O) groups is 1. The summed E-state index contributed by atoms with van der Waals surface area (Å²) in [5.41, 5.74) is 9.31. The minimum Gasteiger partial charge on any atom is -0.339 e. The average Bonchev–Trinajstić information content (AvgIpc) is 2.29. The highest BCUT2D eigenvalue weighted by atomic mass is 35.5. The molecule has 2 unspecified atom stereocenters. The van der Waals surface area contributed by atoms with E-state index < -0.39 is 0 Å². The molecule has 1 aromatic rings. The fraction of sp³-hybridized carbons (Fsp3) is 0.533. The Morgan fingerprint density at radius 1 is 1.32 bits per heavy atom. The second kappa shape index (κ2) is 7.51. The number of benzene rings is 1. The van der Waals surface area contributed by atoms with Crippen molar-refractivity contribution in [2.75, 3.05) is 7.05 Å². The molecule has 2 atom stereocenters. The first-order valence-corrected chi connectivity index (χ1v) is 6.41. The van der Waals surface area contributed by atoms with E-state index in [2.05, 4.69) is 39.0 Å². The lowest BCUT2D eigenvalue weighted by molar-refractivity contribution is -0.132. The second-order valence-electron chi connectivity index (χ2n) is 5.22. The Morgan fingerprint density at radius 3 is 2.42 bits per heavy atom. The minimum atomic E-state index is -0.0919. The Bertz CT molecular complexity index is 432. The third kappa shape index (κ3) is 4.84. The highest BCUT2D eigenvalue weighted by molar-refractivity contribution is 5.85. The maximum atomic E-state index is 12.0. The zero-order valence-electron chi connectivity index (χ0n) is 12.4. The number of rotatable bonds is 4. The lowest BCUT2D eigenvalue weighted by Gasteiger charge is -2.27. The standard InChI is InChI=1S/C15H24N2O.ClH/c1-10-6-7-11(2)14(8-10)13(4)17(5)15(18)9-12(3)16;/h6-8,12-13H,9,16H2,1-5H3;1H. The summed E-state index contributed by atoms with van der Waals surface area (Å²) >= 11 is 0. The lowest BCUT2D eigenvalue weighted by atomic mass is 9.99. The molecule has 0 aromatic heterocycles. The smallest absolute Gasteiger partial charge is 0.224 e. The van der Waals surface area contributed by atoms with Crippen LogP contribution in [0.2, 0.25) is 0 Å². The van der Waals surface area contributed by atoms with Crippen LogP contribution in [0.15, 0.2) is 18.2 Å². The minimum absolute atomic E-state index is 0. The van der Waals surface area contributed by atoms with Gasteiger partial charge in [0.2, 0.25) is 5.91 Å². The molecule has 4 heteroatoms. The molecule has 0 spiro atoms. The Balaban J connectivity index is 0.00000324. The molecule has 19 heavy (non-hydrogen) atoms. The number of aryl methyl sites for hydroxylation is 2. The normalized spacial score (nSPS) is 13.4. The third-order valence-electron chi connectivity index (χ3n) is 3.36. The van der Waals surface area contributed by atoms with Gasteiger partial charge in [0.15, 0.2) is 0 Å². The van der Waals surface area contributed by atoms with Crippen molar-refractivity contribution in [1.29, 1.82) is 0 Å². The monoisotopic (exact) mass is 284 g/mol. The van der Waals surface area contributed by atoms with Crippen molar-refractivity contribution in [1.82, 2.24) is 4.90 Å². The topological polar surface area (TPSA) is 46.3 Å². The molecule has 108 valence electrons. The number of nitrogens with two attached hydrogens (primary N) is 1. The van der Waals surface area contributed by atoms with Crippen molar-refractivity contribution in [3.05, 3.63) is 34.9 Å². The van der Waals surface area contributed by atoms with Crippen LogP contribution in [0.3, 0.4) is 0 Å². The molecule has 0 heterocycles. The van der Waals surface area contributed by atoms with Crippen LogP contribution in [-0.4, -0.2) is 23.9 Å². The highest BCUT2D eigenvalue weighted by Crippen LogP contribution is 2.24. The predicted octanol–water partition coefficient (Wildman–Crippen LogP) is 2.98. The first-order chi connectivity index (χ1) is 8.32. The van der Waals surface area contributed by atoms with Crippen LogP contribution in [0.25, 0.3) is 0 Å². The fourth-order valence-electron chi connectivity index (χ4n) is 2.05. The van der Waals surface area contributed by atoms with Gasteiger partial charge in [-0.2, -0.15) is 0 Å². The van der Waals surface area contributed by atoms with Gasteiger partial charge in [-0.05, 0) is 38.8 Å². The molecule has 3 nitrogen and oxygen atoms in total. The third-order valence-corrected chi connectivity index (χ3v) is 3.36. The van der Waals surface area contributed by atoms with Gasteiger partial charge in [0, 0.05) is 19.5 Å². The number of hydrogen-bond donors (Lipinski definition) is 1. The summed E-state index contributed by atoms with van der Waals surface area (Å²) in [4.78, 5) is 13.8. The molecule has 0 saturated heterocycles. The van der Waals surface area contributed by atoms with Crippen molar-refractivity contribution in [3.8, 4) is 0 Å². The van der Waals surface area contributed by atoms with E-state index in [1.165, 1.54) is 16.7 Å². The van der Waals surface area contributed by atoms with Crippen molar-refractivity contribution < 1.29 is 4.79 Å². The van der Waals surface area contributed by atoms with E-state index in [1.807, 2.05) is 14.0 Å². The van der Waals surface area contributed by atoms with E-state index in [4.69, 9.17) is 5.73 Å². The molecule has 1 rings (SSSR count). The number of carbonyl (C=O) groups excluding carboxylic acids is 1. The van der Waals surface area contributed by atoms with Crippen LogP contribution in [0.5, 0.6) is 0 Å². The Morgan fingerprint density at radius 2 is 1.89 bits per heavy atom. The lowest BCUT2D eigenvalue weighted by Crippen LogP contribution is -2.34. The molecular weight excluding hydrogens is 260 g/mol. The molecule has 1 amide bonds. The summed E-state index contributed by atoms with van der Waals surface area (Å²) < 4.78 is 0. The van der Waals surface area contributed by atoms with Crippen LogP contribution < -0.4 is 5.73 Å². The van der Waals surface area contributed by atoms with Crippen LogP contribution in [0.1, 0.15) is 43.0 Å². The molecule has 0 fully saturated rings. The van der Waals surface area contributed by atoms with Crippen molar-refractivity contribution >= 4 is 18.3 Å². The molecule has 0 aliphatic heterocycles. The first kappa shape index (κ1) is 17.9. The summed E-state index contributed by atoms with van der Waals surface area (Å²) in [7, 11) is 1.84. The van der Waals surface area contributed by atoms with Crippen LogP contribution in [-0.2, 0) is 4.79 Å². The molecule has 0 radical (unpaired) electrons. The zero-order valence-corrected chi connectivity index (χ0v) is 13.3. The Hall–Kier alpha value is -1.06. The Kier molecular flexibility index (Phi) is 7.09. The maximum Gasteiger partial charge on any atom is 0.224 e. The summed E-state index contributed by atoms with van der Waals surface area (Å²) in [5.74, 6) is 0.0957. The molecule has 1 aromatic carbocycles. The van der Waals surface area contributed by atoms with Crippen molar-refractivity contribution in [2.24, 2.45) is 5.73 Å². The van der Waals surface area contributed by atoms with Gasteiger partial charge in [-0.25, -0.2) is 0 Å². The van der Waals surface area contributed by atoms with E-state index in [-0.39, 0.29) is 30.4 Å². The summed E-state index contributed by atoms with van der Waals surface area (Å²) in [6.07, 6.45) is 0.395. The van der Waals surface area contributed by atoms with Gasteiger partial charge in [0.25, 0.3) is 0 Å². The molecule has 0 bridgehead atoms. The van der Waals surface area contributed by atoms with E-state index in [0.717, 1.165) is 0 Å². The summed E-state index contributed by atoms with van der Waals surface area (Å²) in [6.45, 7) is 8.06. The van der Waals surface area contributed by atoms with Crippen molar-refractivity contribution in [2.45, 2.75) is 46.2 Å². The summed E-state index contributed by atoms with van der Waals surface area (Å²) in [5, 5.41) is 0. The van der Waals surface area contributed by atoms with E-state index >= 15 is 0 Å². The number of halogens is 1. The van der Waals surface area contributed by atoms with Crippen LogP contribution >= 0.6 is 12.4 Å². The van der Waals surface area contributed by atoms with Gasteiger partial charge in [0.05, 0.1) is 6.04 Å². The van der Waals surface area contributed by atoms with Gasteiger partial charge in [0.1, 0.15) is 0 Å². The SMILES string of the molecule is Cc1ccc(C)c(C(C)N(C)C(=O)CC(C)N)c1.Cl. The zero-order chi connectivity index (χ0) is 13.9. The largest absolute Gasteiger partial charge is 0.339 e. The molecule has 0 aliphatic carbocycles. The second-order valence-corrected chi connectivity index (χ2v) is 5.22. The van der Waals surface area contributed by atoms with E-state index in [0.29, 0.717) is 6.42 Å². The Labute approximate surface area is 122 Å². The number of amides is 1. The van der Waals surface area contributed by atoms with Gasteiger partial charge in [-0.1, -0.05) is 23.8 Å². The summed E-state index contributed by atoms with van der Waals surface area (Å²) in [6, 6.07) is 6.33. The van der Waals surface area contributed by atoms with Gasteiger partial charge in [-0.15, -0.1) is 12.4 Å². The molecular formula is C15H25ClN2O. The van der Waals surface area contributed by atoms with Gasteiger partial charge in [-0.3, -0.25) is 4.79 Å². The predicted molar refractivity (Wildman–Crippen MR) is 82.6 cm³/mol. The molecule has 0 saturated carbocycles. The fourth-order valence-corrected chi connectivity index (χ4v) is 2.05. The molecule has 2 N–H and O–H groups in total. The van der Waals surface area contributed by atoms with Crippen LogP contribution in [0, 0.1) is 13.8 Å². The average molecular weight is 285 g/mol. The number of hydrogen-bond acceptors (Lipinski definition) is 2. The first-order valence-electron chi connectivity index (χ1n) is 6.41. The molecule has 0 aliphatic rings.